The lowest BCUT2D eigenvalue weighted by Crippen LogP contribution is -2.32. The third-order valence-electron chi connectivity index (χ3n) is 3.91. The molecule has 0 saturated heterocycles. The van der Waals surface area contributed by atoms with Crippen LogP contribution < -0.4 is 10.6 Å². The number of nitrogens with one attached hydrogen (secondary N) is 2. The molecule has 3 rings (SSSR count). The van der Waals surface area contributed by atoms with Crippen LogP contribution in [0.2, 0.25) is 0 Å². The summed E-state index contributed by atoms with van der Waals surface area (Å²) in [6.07, 6.45) is 0.795. The molecule has 1 aliphatic heterocycles. The van der Waals surface area contributed by atoms with Gasteiger partial charge in [-0.25, -0.2) is 4.39 Å². The van der Waals surface area contributed by atoms with Crippen molar-refractivity contribution in [3.63, 3.8) is 0 Å². The molecule has 0 aliphatic carbocycles. The van der Waals surface area contributed by atoms with Crippen LogP contribution in [0.1, 0.15) is 24.9 Å². The third kappa shape index (κ3) is 4.80. The Labute approximate surface area is 160 Å². The molecular formula is C19H19FN2O2S2. The maximum Gasteiger partial charge on any atom is 0.230 e. The zero-order chi connectivity index (χ0) is 18.5. The molecule has 26 heavy (non-hydrogen) atoms. The molecule has 1 aliphatic rings. The Morgan fingerprint density at radius 2 is 2.00 bits per heavy atom. The zero-order valence-electron chi connectivity index (χ0n) is 14.3. The summed E-state index contributed by atoms with van der Waals surface area (Å²) in [7, 11) is 0. The molecule has 4 nitrogen and oxygen atoms in total. The molecule has 0 radical (unpaired) electrons. The van der Waals surface area contributed by atoms with Crippen molar-refractivity contribution < 1.29 is 14.0 Å². The first-order valence-electron chi connectivity index (χ1n) is 8.24. The van der Waals surface area contributed by atoms with E-state index in [4.69, 9.17) is 0 Å². The number of fused-ring (bicyclic) bond motifs is 1. The molecule has 2 amide bonds. The maximum absolute atomic E-state index is 13.9. The van der Waals surface area contributed by atoms with E-state index in [-0.39, 0.29) is 29.4 Å². The molecule has 0 spiro atoms. The summed E-state index contributed by atoms with van der Waals surface area (Å²) in [6.45, 7) is 1.46. The smallest absolute Gasteiger partial charge is 0.230 e. The van der Waals surface area contributed by atoms with Crippen LogP contribution in [-0.2, 0) is 9.59 Å². The number of benzene rings is 2. The Bertz CT molecular complexity index is 812. The van der Waals surface area contributed by atoms with Gasteiger partial charge in [0.05, 0.1) is 11.8 Å². The standard InChI is InChI=1S/C19H19FN2O2S2/c1-12(23)21-13-5-7-14(8-6-13)26-11-18(24)22-17-9-10-25-19-15(17)3-2-4-16(19)20/h2-8,17H,9-11H2,1H3,(H,21,23)(H,22,24). The fourth-order valence-corrected chi connectivity index (χ4v) is 4.61. The average Bonchev–Trinajstić information content (AvgIpc) is 2.62. The third-order valence-corrected chi connectivity index (χ3v) is 6.08. The van der Waals surface area contributed by atoms with Crippen molar-refractivity contribution in [3.8, 4) is 0 Å². The molecule has 1 unspecified atom stereocenters. The van der Waals surface area contributed by atoms with Crippen molar-refractivity contribution >= 4 is 41.0 Å². The van der Waals surface area contributed by atoms with E-state index in [1.807, 2.05) is 18.2 Å². The summed E-state index contributed by atoms with van der Waals surface area (Å²) in [6, 6.07) is 12.2. The van der Waals surface area contributed by atoms with Gasteiger partial charge in [-0.2, -0.15) is 0 Å². The van der Waals surface area contributed by atoms with Gasteiger partial charge in [0.25, 0.3) is 0 Å². The van der Waals surface area contributed by atoms with E-state index in [9.17, 15) is 14.0 Å². The molecule has 1 atom stereocenters. The quantitative estimate of drug-likeness (QED) is 0.750. The van der Waals surface area contributed by atoms with E-state index in [1.165, 1.54) is 36.5 Å². The predicted molar refractivity (Wildman–Crippen MR) is 104 cm³/mol. The number of thioether (sulfide) groups is 2. The van der Waals surface area contributed by atoms with Crippen molar-refractivity contribution in [1.29, 1.82) is 0 Å². The second-order valence-electron chi connectivity index (χ2n) is 5.91. The minimum absolute atomic E-state index is 0.0759. The Morgan fingerprint density at radius 1 is 1.23 bits per heavy atom. The van der Waals surface area contributed by atoms with Gasteiger partial charge in [0.2, 0.25) is 11.8 Å². The van der Waals surface area contributed by atoms with Gasteiger partial charge in [0.15, 0.2) is 0 Å². The topological polar surface area (TPSA) is 58.2 Å². The zero-order valence-corrected chi connectivity index (χ0v) is 15.9. The molecule has 0 aromatic heterocycles. The number of halogens is 1. The number of hydrogen-bond acceptors (Lipinski definition) is 4. The van der Waals surface area contributed by atoms with E-state index in [0.717, 1.165) is 28.3 Å². The molecular weight excluding hydrogens is 371 g/mol. The lowest BCUT2D eigenvalue weighted by Gasteiger charge is -2.26. The number of anilines is 1. The van der Waals surface area contributed by atoms with Crippen LogP contribution in [0.3, 0.4) is 0 Å². The van der Waals surface area contributed by atoms with Gasteiger partial charge in [-0.3, -0.25) is 9.59 Å². The van der Waals surface area contributed by atoms with Gasteiger partial charge >= 0.3 is 0 Å². The van der Waals surface area contributed by atoms with E-state index < -0.39 is 0 Å². The number of carbonyl (C=O) groups is 2. The highest BCUT2D eigenvalue weighted by molar-refractivity contribution is 8.00. The molecule has 1 heterocycles. The summed E-state index contributed by atoms with van der Waals surface area (Å²) in [5.41, 5.74) is 1.59. The number of rotatable bonds is 5. The van der Waals surface area contributed by atoms with Crippen molar-refractivity contribution in [2.75, 3.05) is 16.8 Å². The summed E-state index contributed by atoms with van der Waals surface area (Å²) < 4.78 is 13.9. The van der Waals surface area contributed by atoms with Gasteiger partial charge in [-0.05, 0) is 42.3 Å². The molecule has 2 aromatic rings. The van der Waals surface area contributed by atoms with Crippen molar-refractivity contribution in [2.24, 2.45) is 0 Å². The summed E-state index contributed by atoms with van der Waals surface area (Å²) in [5, 5.41) is 5.72. The second kappa shape index (κ2) is 8.60. The minimum atomic E-state index is -0.222. The fourth-order valence-electron chi connectivity index (χ4n) is 2.76. The molecule has 7 heteroatoms. The molecule has 0 bridgehead atoms. The highest BCUT2D eigenvalue weighted by Crippen LogP contribution is 2.37. The van der Waals surface area contributed by atoms with Crippen LogP contribution in [0.4, 0.5) is 10.1 Å². The first-order chi connectivity index (χ1) is 12.5. The van der Waals surface area contributed by atoms with E-state index in [0.29, 0.717) is 4.90 Å². The van der Waals surface area contributed by atoms with E-state index in [2.05, 4.69) is 10.6 Å². The SMILES string of the molecule is CC(=O)Nc1ccc(SCC(=O)NC2CCSc3c(F)cccc32)cc1. The Balaban J connectivity index is 1.55. The van der Waals surface area contributed by atoms with Crippen molar-refractivity contribution in [2.45, 2.75) is 29.2 Å². The second-order valence-corrected chi connectivity index (χ2v) is 8.06. The first-order valence-corrected chi connectivity index (χ1v) is 10.2. The highest BCUT2D eigenvalue weighted by atomic mass is 32.2. The average molecular weight is 391 g/mol. The Hall–Kier alpha value is -1.99. The molecule has 0 saturated carbocycles. The Morgan fingerprint density at radius 3 is 2.73 bits per heavy atom. The van der Waals surface area contributed by atoms with Crippen LogP contribution in [0.15, 0.2) is 52.3 Å². The van der Waals surface area contributed by atoms with Crippen LogP contribution in [-0.4, -0.2) is 23.3 Å². The van der Waals surface area contributed by atoms with Gasteiger partial charge in [0, 0.05) is 28.2 Å². The van der Waals surface area contributed by atoms with Gasteiger partial charge < -0.3 is 10.6 Å². The van der Waals surface area contributed by atoms with Crippen LogP contribution in [0, 0.1) is 5.82 Å². The summed E-state index contributed by atoms with van der Waals surface area (Å²) in [5.74, 6) is 0.657. The van der Waals surface area contributed by atoms with Crippen LogP contribution >= 0.6 is 23.5 Å². The largest absolute Gasteiger partial charge is 0.348 e. The fraction of sp³-hybridized carbons (Fsp3) is 0.263. The van der Waals surface area contributed by atoms with E-state index >= 15 is 0 Å². The molecule has 136 valence electrons. The van der Waals surface area contributed by atoms with Gasteiger partial charge in [-0.1, -0.05) is 12.1 Å². The number of amides is 2. The van der Waals surface area contributed by atoms with Crippen LogP contribution in [0.5, 0.6) is 0 Å². The van der Waals surface area contributed by atoms with Crippen molar-refractivity contribution in [1.82, 2.24) is 5.32 Å². The Kier molecular flexibility index (Phi) is 6.21. The predicted octanol–water partition coefficient (Wildman–Crippen LogP) is 4.23. The lowest BCUT2D eigenvalue weighted by atomic mass is 10.0. The number of hydrogen-bond donors (Lipinski definition) is 2. The summed E-state index contributed by atoms with van der Waals surface area (Å²) >= 11 is 2.93. The van der Waals surface area contributed by atoms with Gasteiger partial charge in [0.1, 0.15) is 5.82 Å². The monoisotopic (exact) mass is 390 g/mol. The maximum atomic E-state index is 13.9. The normalized spacial score (nSPS) is 15.8. The molecule has 2 N–H and O–H groups in total. The molecule has 2 aromatic carbocycles. The van der Waals surface area contributed by atoms with Crippen LogP contribution in [0.25, 0.3) is 0 Å². The minimum Gasteiger partial charge on any atom is -0.348 e. The molecule has 0 fully saturated rings. The summed E-state index contributed by atoms with van der Waals surface area (Å²) in [4.78, 5) is 24.9. The lowest BCUT2D eigenvalue weighted by molar-refractivity contribution is -0.119. The highest BCUT2D eigenvalue weighted by Gasteiger charge is 2.24. The van der Waals surface area contributed by atoms with E-state index in [1.54, 1.807) is 18.2 Å². The van der Waals surface area contributed by atoms with Gasteiger partial charge in [-0.15, -0.1) is 23.5 Å². The van der Waals surface area contributed by atoms with Crippen molar-refractivity contribution in [3.05, 3.63) is 53.8 Å². The number of carbonyl (C=O) groups excluding carboxylic acids is 2. The first kappa shape index (κ1) is 18.8.